The molecule has 1 N–H and O–H groups in total. The van der Waals surface area contributed by atoms with Gasteiger partial charge in [0.25, 0.3) is 0 Å². The van der Waals surface area contributed by atoms with Crippen molar-refractivity contribution in [2.24, 2.45) is 9.98 Å². The first kappa shape index (κ1) is 27.1. The summed E-state index contributed by atoms with van der Waals surface area (Å²) in [5, 5.41) is 8.02. The maximum atomic E-state index is 6.74. The minimum Gasteiger partial charge on any atom is -0.455 e. The van der Waals surface area contributed by atoms with E-state index in [9.17, 15) is 0 Å². The van der Waals surface area contributed by atoms with Crippen LogP contribution in [0.2, 0.25) is 0 Å². The normalized spacial score (nSPS) is 14.6. The van der Waals surface area contributed by atoms with E-state index in [-0.39, 0.29) is 6.17 Å². The number of nitrogens with one attached hydrogen (secondary N) is 1. The number of hydrogen-bond acceptors (Lipinski definition) is 4. The van der Waals surface area contributed by atoms with Crippen molar-refractivity contribution in [2.75, 3.05) is 0 Å². The molecule has 8 aromatic rings. The molecule has 0 radical (unpaired) electrons. The molecule has 1 aliphatic heterocycles. The predicted octanol–water partition coefficient (Wildman–Crippen LogP) is 10.6. The van der Waals surface area contributed by atoms with Gasteiger partial charge in [-0.25, -0.2) is 9.98 Å². The zero-order valence-electron chi connectivity index (χ0n) is 25.5. The number of hydrogen-bond donors (Lipinski definition) is 1. The number of aliphatic imine (C=N–C) groups is 2. The van der Waals surface area contributed by atoms with Gasteiger partial charge in [0.15, 0.2) is 5.84 Å². The first-order valence-corrected chi connectivity index (χ1v) is 15.9. The van der Waals surface area contributed by atoms with Crippen molar-refractivity contribution >= 4 is 44.4 Å². The summed E-state index contributed by atoms with van der Waals surface area (Å²) in [6.07, 6.45) is -0.280. The predicted molar refractivity (Wildman–Crippen MR) is 194 cm³/mol. The Bertz CT molecular complexity index is 2480. The van der Waals surface area contributed by atoms with Crippen molar-refractivity contribution < 1.29 is 4.42 Å². The maximum absolute atomic E-state index is 6.74. The molecule has 0 saturated carbocycles. The molecule has 7 aromatic carbocycles. The molecule has 1 atom stereocenters. The molecule has 1 aromatic heterocycles. The van der Waals surface area contributed by atoms with Gasteiger partial charge in [0.2, 0.25) is 0 Å². The van der Waals surface area contributed by atoms with Crippen molar-refractivity contribution in [3.8, 4) is 22.3 Å². The summed E-state index contributed by atoms with van der Waals surface area (Å²) in [5.41, 5.74) is 9.31. The van der Waals surface area contributed by atoms with Gasteiger partial charge in [0.05, 0.1) is 0 Å². The molecule has 1 aliphatic rings. The Kier molecular flexibility index (Phi) is 6.50. The second-order valence-corrected chi connectivity index (χ2v) is 11.8. The molecular weight excluding hydrogens is 574 g/mol. The molecule has 222 valence electrons. The summed E-state index contributed by atoms with van der Waals surface area (Å²) in [6, 6.07) is 56.8. The number of benzene rings is 7. The smallest absolute Gasteiger partial charge is 0.160 e. The number of para-hydroxylation sites is 1. The Morgan fingerprint density at radius 1 is 0.468 bits per heavy atom. The van der Waals surface area contributed by atoms with Crippen molar-refractivity contribution in [1.29, 1.82) is 0 Å². The van der Waals surface area contributed by atoms with E-state index in [1.54, 1.807) is 0 Å². The highest BCUT2D eigenvalue weighted by atomic mass is 16.3. The quantitative estimate of drug-likeness (QED) is 0.213. The van der Waals surface area contributed by atoms with Crippen LogP contribution in [-0.4, -0.2) is 11.7 Å². The molecule has 0 bridgehead atoms. The SMILES string of the molecule is c1ccc(C2=NC(c3cccc4oc5c(-c6ccc(-c7ccccc7)c7ccccc67)cccc5c34)=NC(c3ccccc3)N2)cc1. The van der Waals surface area contributed by atoms with Gasteiger partial charge in [-0.05, 0) is 39.1 Å². The van der Waals surface area contributed by atoms with E-state index in [0.717, 1.165) is 55.6 Å². The van der Waals surface area contributed by atoms with Crippen LogP contribution in [0.25, 0.3) is 55.0 Å². The zero-order chi connectivity index (χ0) is 31.2. The van der Waals surface area contributed by atoms with Crippen molar-refractivity contribution in [3.63, 3.8) is 0 Å². The van der Waals surface area contributed by atoms with E-state index in [4.69, 9.17) is 14.4 Å². The average Bonchev–Trinajstić information content (AvgIpc) is 3.55. The zero-order valence-corrected chi connectivity index (χ0v) is 25.5. The van der Waals surface area contributed by atoms with Gasteiger partial charge in [-0.2, -0.15) is 0 Å². The van der Waals surface area contributed by atoms with Crippen LogP contribution in [-0.2, 0) is 0 Å². The van der Waals surface area contributed by atoms with E-state index in [1.807, 2.05) is 48.5 Å². The summed E-state index contributed by atoms with van der Waals surface area (Å²) in [4.78, 5) is 10.3. The lowest BCUT2D eigenvalue weighted by Crippen LogP contribution is -2.33. The highest BCUT2D eigenvalue weighted by Crippen LogP contribution is 2.42. The lowest BCUT2D eigenvalue weighted by molar-refractivity contribution is 0.669. The third-order valence-electron chi connectivity index (χ3n) is 8.97. The molecule has 2 heterocycles. The Morgan fingerprint density at radius 3 is 1.83 bits per heavy atom. The van der Waals surface area contributed by atoms with Crippen LogP contribution < -0.4 is 5.32 Å². The summed E-state index contributed by atoms with van der Waals surface area (Å²) in [6.45, 7) is 0. The first-order chi connectivity index (χ1) is 23.3. The Balaban J connectivity index is 1.24. The topological polar surface area (TPSA) is 49.9 Å². The van der Waals surface area contributed by atoms with Crippen LogP contribution in [0.4, 0.5) is 0 Å². The summed E-state index contributed by atoms with van der Waals surface area (Å²) in [5.74, 6) is 1.47. The second kappa shape index (κ2) is 11.3. The molecule has 47 heavy (non-hydrogen) atoms. The minimum absolute atomic E-state index is 0.280. The fourth-order valence-corrected chi connectivity index (χ4v) is 6.77. The van der Waals surface area contributed by atoms with Crippen molar-refractivity contribution in [3.05, 3.63) is 180 Å². The number of rotatable bonds is 5. The van der Waals surface area contributed by atoms with E-state index < -0.39 is 0 Å². The molecule has 1 unspecified atom stereocenters. The van der Waals surface area contributed by atoms with Gasteiger partial charge in [-0.1, -0.05) is 158 Å². The Labute approximate surface area is 272 Å². The molecular formula is C43H29N3O. The van der Waals surface area contributed by atoms with Crippen LogP contribution in [0.1, 0.15) is 22.9 Å². The van der Waals surface area contributed by atoms with Gasteiger partial charge in [-0.15, -0.1) is 0 Å². The van der Waals surface area contributed by atoms with Gasteiger partial charge in [-0.3, -0.25) is 0 Å². The van der Waals surface area contributed by atoms with Gasteiger partial charge >= 0.3 is 0 Å². The van der Waals surface area contributed by atoms with Gasteiger partial charge < -0.3 is 9.73 Å². The summed E-state index contributed by atoms with van der Waals surface area (Å²) in [7, 11) is 0. The van der Waals surface area contributed by atoms with E-state index in [0.29, 0.717) is 5.84 Å². The molecule has 4 nitrogen and oxygen atoms in total. The highest BCUT2D eigenvalue weighted by molar-refractivity contribution is 6.23. The van der Waals surface area contributed by atoms with Crippen LogP contribution in [0.5, 0.6) is 0 Å². The number of furan rings is 1. The van der Waals surface area contributed by atoms with Crippen molar-refractivity contribution in [1.82, 2.24) is 5.32 Å². The maximum Gasteiger partial charge on any atom is 0.160 e. The summed E-state index contributed by atoms with van der Waals surface area (Å²) < 4.78 is 6.74. The van der Waals surface area contributed by atoms with Crippen LogP contribution in [0.3, 0.4) is 0 Å². The van der Waals surface area contributed by atoms with E-state index >= 15 is 0 Å². The number of amidine groups is 2. The third-order valence-corrected chi connectivity index (χ3v) is 8.97. The minimum atomic E-state index is -0.280. The molecule has 9 rings (SSSR count). The molecule has 4 heteroatoms. The fraction of sp³-hybridized carbons (Fsp3) is 0.0233. The fourth-order valence-electron chi connectivity index (χ4n) is 6.77. The monoisotopic (exact) mass is 603 g/mol. The number of fused-ring (bicyclic) bond motifs is 4. The third kappa shape index (κ3) is 4.70. The second-order valence-electron chi connectivity index (χ2n) is 11.8. The lowest BCUT2D eigenvalue weighted by atomic mass is 9.91. The van der Waals surface area contributed by atoms with E-state index in [2.05, 4.69) is 121 Å². The standard InChI is InChI=1S/C43H29N3O/c1-4-14-28(15-5-1)31-26-27-34(33-21-11-10-20-32(31)33)35-22-12-23-36-39-37(24-13-25-38(39)47-40(35)36)43-45-41(29-16-6-2-7-17-29)44-42(46-43)30-18-8-3-9-19-30/h1-27,41H,(H,44,45,46). The van der Waals surface area contributed by atoms with Crippen molar-refractivity contribution in [2.45, 2.75) is 6.17 Å². The van der Waals surface area contributed by atoms with Crippen LogP contribution >= 0.6 is 0 Å². The molecule has 0 aliphatic carbocycles. The van der Waals surface area contributed by atoms with Gasteiger partial charge in [0, 0.05) is 27.5 Å². The molecule has 0 amide bonds. The highest BCUT2D eigenvalue weighted by Gasteiger charge is 2.24. The van der Waals surface area contributed by atoms with E-state index in [1.165, 1.54) is 21.9 Å². The Hall–Kier alpha value is -6.26. The largest absolute Gasteiger partial charge is 0.455 e. The van der Waals surface area contributed by atoms with Crippen LogP contribution in [0.15, 0.2) is 178 Å². The molecule has 0 spiro atoms. The lowest BCUT2D eigenvalue weighted by Gasteiger charge is -2.23. The molecule has 0 fully saturated rings. The average molecular weight is 604 g/mol. The first-order valence-electron chi connectivity index (χ1n) is 15.9. The summed E-state index contributed by atoms with van der Waals surface area (Å²) >= 11 is 0. The molecule has 0 saturated heterocycles. The number of nitrogens with zero attached hydrogens (tertiary/aromatic N) is 2. The van der Waals surface area contributed by atoms with Gasteiger partial charge in [0.1, 0.15) is 23.2 Å². The Morgan fingerprint density at radius 2 is 1.06 bits per heavy atom. The van der Waals surface area contributed by atoms with Crippen LogP contribution in [0, 0.1) is 0 Å².